The van der Waals surface area contributed by atoms with Gasteiger partial charge in [-0.05, 0) is 54.6 Å². The van der Waals surface area contributed by atoms with Crippen LogP contribution in [0.1, 0.15) is 0 Å². The summed E-state index contributed by atoms with van der Waals surface area (Å²) in [5.74, 6) is 0. The molecule has 0 unspecified atom stereocenters. The number of anilines is 3. The molecule has 1 aliphatic heterocycles. The van der Waals surface area contributed by atoms with Crippen LogP contribution >= 0.6 is 11.3 Å². The molecule has 0 fully saturated rings. The molecule has 0 aliphatic carbocycles. The molecule has 0 spiro atoms. The second kappa shape index (κ2) is 11.3. The van der Waals surface area contributed by atoms with Gasteiger partial charge in [0.25, 0.3) is 0 Å². The second-order valence-corrected chi connectivity index (χ2v) is 15.1. The smallest absolute Gasteiger partial charge is 0.0641 e. The SMILES string of the molecule is c1ccc(N2c3ccccc3-c3c(n(-c4cccc5c4sc4c(-n6c7ccccc7c7ccccc76)cccc45)c4ccccc34)-c3ccccc32)cc1. The topological polar surface area (TPSA) is 13.1 Å². The molecule has 3 nitrogen and oxygen atoms in total. The van der Waals surface area contributed by atoms with Crippen LogP contribution in [-0.2, 0) is 0 Å². The average Bonchev–Trinajstić information content (AvgIpc) is 3.87. The third-order valence-corrected chi connectivity index (χ3v) is 12.5. The lowest BCUT2D eigenvalue weighted by molar-refractivity contribution is 1.15. The summed E-state index contributed by atoms with van der Waals surface area (Å²) in [6.07, 6.45) is 0. The molecule has 4 heteroatoms. The molecule has 3 aromatic heterocycles. The van der Waals surface area contributed by atoms with Crippen LogP contribution in [0.5, 0.6) is 0 Å². The van der Waals surface area contributed by atoms with Gasteiger partial charge < -0.3 is 14.0 Å². The summed E-state index contributed by atoms with van der Waals surface area (Å²) in [4.78, 5) is 2.43. The maximum Gasteiger partial charge on any atom is 0.0641 e. The van der Waals surface area contributed by atoms with Crippen LogP contribution < -0.4 is 4.90 Å². The van der Waals surface area contributed by atoms with Crippen molar-refractivity contribution in [2.45, 2.75) is 0 Å². The van der Waals surface area contributed by atoms with Crippen molar-refractivity contribution in [3.05, 3.63) is 188 Å². The van der Waals surface area contributed by atoms with E-state index in [-0.39, 0.29) is 0 Å². The normalized spacial score (nSPS) is 12.4. The summed E-state index contributed by atoms with van der Waals surface area (Å²) in [6.45, 7) is 0. The Morgan fingerprint density at radius 3 is 1.41 bits per heavy atom. The van der Waals surface area contributed by atoms with Crippen LogP contribution in [0.4, 0.5) is 17.1 Å². The fourth-order valence-electron chi connectivity index (χ4n) is 9.08. The van der Waals surface area contributed by atoms with Crippen LogP contribution in [0.25, 0.3) is 86.6 Å². The third kappa shape index (κ3) is 4.00. The lowest BCUT2D eigenvalue weighted by atomic mass is 9.98. The summed E-state index contributed by atoms with van der Waals surface area (Å²) in [5.41, 5.74) is 14.4. The first-order chi connectivity index (χ1) is 26.8. The van der Waals surface area contributed by atoms with Crippen molar-refractivity contribution in [2.75, 3.05) is 4.90 Å². The Labute approximate surface area is 315 Å². The predicted molar refractivity (Wildman–Crippen MR) is 230 cm³/mol. The first kappa shape index (κ1) is 29.7. The van der Waals surface area contributed by atoms with E-state index in [1.165, 1.54) is 92.3 Å². The maximum absolute atomic E-state index is 2.55. The van der Waals surface area contributed by atoms with E-state index in [0.717, 1.165) is 11.4 Å². The molecule has 252 valence electrons. The quantitative estimate of drug-likeness (QED) is 0.178. The Morgan fingerprint density at radius 1 is 0.315 bits per heavy atom. The van der Waals surface area contributed by atoms with Crippen molar-refractivity contribution in [1.82, 2.24) is 9.13 Å². The number of fused-ring (bicyclic) bond motifs is 13. The standard InChI is InChI=1S/C50H31N3S/c1-2-16-32(17-3-1)51-42-27-11-6-20-37(42)47-38-21-7-12-28-43(38)53(48(47)39-22-8-13-29-44(39)51)46-31-15-24-36-35-23-14-30-45(49(35)54-50(36)46)52-40-25-9-4-18-33(40)34-19-5-10-26-41(34)52/h1-31H. The van der Waals surface area contributed by atoms with Crippen LogP contribution in [-0.4, -0.2) is 9.13 Å². The summed E-state index contributed by atoms with van der Waals surface area (Å²) in [5, 5.41) is 6.34. The average molecular weight is 706 g/mol. The minimum atomic E-state index is 1.14. The third-order valence-electron chi connectivity index (χ3n) is 11.2. The van der Waals surface area contributed by atoms with Gasteiger partial charge in [-0.15, -0.1) is 11.3 Å². The molecular weight excluding hydrogens is 675 g/mol. The van der Waals surface area contributed by atoms with E-state index in [1.54, 1.807) is 0 Å². The molecule has 0 radical (unpaired) electrons. The van der Waals surface area contributed by atoms with Crippen LogP contribution in [0.3, 0.4) is 0 Å². The van der Waals surface area contributed by atoms with Gasteiger partial charge in [0, 0.05) is 49.3 Å². The largest absolute Gasteiger partial charge is 0.309 e. The Balaban J connectivity index is 1.20. The number of rotatable bonds is 3. The number of benzene rings is 8. The predicted octanol–water partition coefficient (Wildman–Crippen LogP) is 14.2. The molecule has 4 heterocycles. The Morgan fingerprint density at radius 2 is 0.759 bits per heavy atom. The molecule has 11 aromatic rings. The number of nitrogens with zero attached hydrogens (tertiary/aromatic N) is 3. The minimum absolute atomic E-state index is 1.14. The zero-order valence-corrected chi connectivity index (χ0v) is 30.0. The number of aromatic nitrogens is 2. The van der Waals surface area contributed by atoms with Gasteiger partial charge in [-0.25, -0.2) is 0 Å². The molecule has 0 N–H and O–H groups in total. The van der Waals surface area contributed by atoms with Gasteiger partial charge >= 0.3 is 0 Å². The Hall–Kier alpha value is -6.88. The van der Waals surface area contributed by atoms with E-state index in [1.807, 2.05) is 11.3 Å². The molecule has 12 rings (SSSR count). The summed E-state index contributed by atoms with van der Waals surface area (Å²) >= 11 is 1.91. The first-order valence-electron chi connectivity index (χ1n) is 18.5. The maximum atomic E-state index is 2.55. The highest BCUT2D eigenvalue weighted by atomic mass is 32.1. The Kier molecular flexibility index (Phi) is 6.21. The highest BCUT2D eigenvalue weighted by molar-refractivity contribution is 7.26. The fourth-order valence-corrected chi connectivity index (χ4v) is 10.4. The monoisotopic (exact) mass is 705 g/mol. The molecule has 0 saturated heterocycles. The van der Waals surface area contributed by atoms with Crippen molar-refractivity contribution in [3.8, 4) is 33.8 Å². The number of hydrogen-bond acceptors (Lipinski definition) is 2. The molecule has 0 atom stereocenters. The number of para-hydroxylation sites is 6. The van der Waals surface area contributed by atoms with Crippen LogP contribution in [0.2, 0.25) is 0 Å². The van der Waals surface area contributed by atoms with E-state index >= 15 is 0 Å². The van der Waals surface area contributed by atoms with Crippen molar-refractivity contribution in [1.29, 1.82) is 0 Å². The molecule has 0 bridgehead atoms. The second-order valence-electron chi connectivity index (χ2n) is 14.1. The molecule has 0 amide bonds. The highest BCUT2D eigenvalue weighted by Gasteiger charge is 2.31. The molecule has 54 heavy (non-hydrogen) atoms. The van der Waals surface area contributed by atoms with Crippen molar-refractivity contribution in [2.24, 2.45) is 0 Å². The van der Waals surface area contributed by atoms with E-state index in [0.29, 0.717) is 0 Å². The van der Waals surface area contributed by atoms with Gasteiger partial charge in [0.1, 0.15) is 0 Å². The van der Waals surface area contributed by atoms with Crippen LogP contribution in [0.15, 0.2) is 188 Å². The van der Waals surface area contributed by atoms with Crippen molar-refractivity contribution in [3.63, 3.8) is 0 Å². The van der Waals surface area contributed by atoms with Gasteiger partial charge in [-0.1, -0.05) is 133 Å². The summed E-state index contributed by atoms with van der Waals surface area (Å²) in [7, 11) is 0. The molecule has 1 aliphatic rings. The van der Waals surface area contributed by atoms with Gasteiger partial charge in [-0.2, -0.15) is 0 Å². The number of hydrogen-bond donors (Lipinski definition) is 0. The van der Waals surface area contributed by atoms with E-state index < -0.39 is 0 Å². The molecular formula is C50H31N3S. The van der Waals surface area contributed by atoms with Crippen molar-refractivity contribution < 1.29 is 0 Å². The van der Waals surface area contributed by atoms with Crippen LogP contribution in [0, 0.1) is 0 Å². The van der Waals surface area contributed by atoms with Gasteiger partial charge in [0.2, 0.25) is 0 Å². The minimum Gasteiger partial charge on any atom is -0.309 e. The fraction of sp³-hybridized carbons (Fsp3) is 0. The number of thiophene rings is 1. The zero-order chi connectivity index (χ0) is 35.3. The summed E-state index contributed by atoms with van der Waals surface area (Å²) < 4.78 is 7.58. The molecule has 0 saturated carbocycles. The molecule has 8 aromatic carbocycles. The lowest BCUT2D eigenvalue weighted by Crippen LogP contribution is -2.11. The highest BCUT2D eigenvalue weighted by Crippen LogP contribution is 2.55. The zero-order valence-electron chi connectivity index (χ0n) is 29.1. The van der Waals surface area contributed by atoms with E-state index in [9.17, 15) is 0 Å². The lowest BCUT2D eigenvalue weighted by Gasteiger charge is -2.27. The first-order valence-corrected chi connectivity index (χ1v) is 19.3. The van der Waals surface area contributed by atoms with Gasteiger partial charge in [0.05, 0.1) is 54.4 Å². The van der Waals surface area contributed by atoms with E-state index in [2.05, 4.69) is 202 Å². The van der Waals surface area contributed by atoms with Crippen molar-refractivity contribution >= 4 is 81.3 Å². The Bertz CT molecular complexity index is 3240. The van der Waals surface area contributed by atoms with E-state index in [4.69, 9.17) is 0 Å². The van der Waals surface area contributed by atoms with Gasteiger partial charge in [-0.3, -0.25) is 0 Å². The van der Waals surface area contributed by atoms with Gasteiger partial charge in [0.15, 0.2) is 0 Å². The summed E-state index contributed by atoms with van der Waals surface area (Å²) in [6, 6.07) is 68.8.